The molecule has 2 aliphatic rings. The highest BCUT2D eigenvalue weighted by atomic mass is 15.5. The van der Waals surface area contributed by atoms with E-state index >= 15 is 0 Å². The van der Waals surface area contributed by atoms with E-state index in [-0.39, 0.29) is 0 Å². The second-order valence-electron chi connectivity index (χ2n) is 13.8. The van der Waals surface area contributed by atoms with Crippen molar-refractivity contribution in [2.75, 3.05) is 19.6 Å². The third kappa shape index (κ3) is 5.70. The number of aromatic nitrogens is 12. The Bertz CT molecular complexity index is 2150. The van der Waals surface area contributed by atoms with Gasteiger partial charge in [-0.15, -0.1) is 0 Å². The van der Waals surface area contributed by atoms with Gasteiger partial charge in [0.2, 0.25) is 23.8 Å². The molecule has 4 aromatic heterocycles. The Balaban J connectivity index is 1.61. The number of hydrogen-bond donors (Lipinski definition) is 0. The molecule has 16 nitrogen and oxygen atoms in total. The maximum atomic E-state index is 4.95. The average molecular weight is 721 g/mol. The van der Waals surface area contributed by atoms with Crippen LogP contribution in [0.1, 0.15) is 68.8 Å². The largest absolute Gasteiger partial charge is 0.259 e. The summed E-state index contributed by atoms with van der Waals surface area (Å²) in [7, 11) is 0. The van der Waals surface area contributed by atoms with E-state index in [1.807, 2.05) is 75.0 Å². The lowest BCUT2D eigenvalue weighted by molar-refractivity contribution is 0.840. The molecule has 272 valence electrons. The molecule has 0 aliphatic carbocycles. The van der Waals surface area contributed by atoms with Gasteiger partial charge in [0.1, 0.15) is 46.6 Å². The molecule has 0 radical (unpaired) electrons. The smallest absolute Gasteiger partial charge is 0.239 e. The van der Waals surface area contributed by atoms with Crippen molar-refractivity contribution in [3.05, 3.63) is 105 Å². The highest BCUT2D eigenvalue weighted by molar-refractivity contribution is 5.98. The van der Waals surface area contributed by atoms with Gasteiger partial charge in [0, 0.05) is 0 Å². The van der Waals surface area contributed by atoms with Gasteiger partial charge in [-0.05, 0) is 130 Å². The van der Waals surface area contributed by atoms with Crippen LogP contribution in [0.5, 0.6) is 0 Å². The lowest BCUT2D eigenvalue weighted by Crippen LogP contribution is -2.36. The van der Waals surface area contributed by atoms with Gasteiger partial charge in [-0.2, -0.15) is 39.9 Å². The zero-order chi connectivity index (χ0) is 38.3. The van der Waals surface area contributed by atoms with Gasteiger partial charge in [-0.1, -0.05) is 0 Å². The number of fused-ring (bicyclic) bond motifs is 2. The number of aryl methyl sites for hydroxylation is 12. The molecule has 0 saturated carbocycles. The van der Waals surface area contributed by atoms with Crippen LogP contribution in [0.15, 0.2) is 35.9 Å². The lowest BCUT2D eigenvalue weighted by Gasteiger charge is -2.31. The van der Waals surface area contributed by atoms with Crippen molar-refractivity contribution < 1.29 is 0 Å². The molecule has 2 aromatic carbocycles. The van der Waals surface area contributed by atoms with Crippen LogP contribution in [-0.4, -0.2) is 59.8 Å². The number of rotatable bonds is 4. The zero-order valence-corrected chi connectivity index (χ0v) is 32.5. The van der Waals surface area contributed by atoms with E-state index in [9.17, 15) is 0 Å². The molecule has 16 heteroatoms. The van der Waals surface area contributed by atoms with Gasteiger partial charge in [-0.25, -0.2) is 19.9 Å². The molecule has 0 saturated heterocycles. The lowest BCUT2D eigenvalue weighted by atomic mass is 10.1. The molecule has 6 heterocycles. The van der Waals surface area contributed by atoms with Crippen LogP contribution in [-0.2, 0) is 0 Å². The molecular formula is C38H40N16. The summed E-state index contributed by atoms with van der Waals surface area (Å²) >= 11 is 0. The highest BCUT2D eigenvalue weighted by Gasteiger charge is 2.48. The van der Waals surface area contributed by atoms with Gasteiger partial charge in [0.05, 0.1) is 22.7 Å². The van der Waals surface area contributed by atoms with Crippen molar-refractivity contribution in [3.63, 3.8) is 0 Å². The van der Waals surface area contributed by atoms with E-state index in [4.69, 9.17) is 39.9 Å². The minimum absolute atomic E-state index is 0.409. The van der Waals surface area contributed by atoms with Crippen LogP contribution in [0.25, 0.3) is 0 Å². The molecular weight excluding hydrogens is 681 g/mol. The Labute approximate surface area is 313 Å². The molecule has 0 bridgehead atoms. The van der Waals surface area contributed by atoms with E-state index < -0.39 is 0 Å². The van der Waals surface area contributed by atoms with E-state index in [0.717, 1.165) is 45.0 Å². The molecule has 0 fully saturated rings. The highest BCUT2D eigenvalue weighted by Crippen LogP contribution is 2.56. The summed E-state index contributed by atoms with van der Waals surface area (Å²) in [4.78, 5) is 65.9. The number of nitrogens with zero attached hydrogens (tertiary/aromatic N) is 16. The normalized spacial score (nSPS) is 13.7. The molecule has 8 rings (SSSR count). The number of anilines is 8. The quantitative estimate of drug-likeness (QED) is 0.192. The first-order chi connectivity index (χ1) is 25.7. The van der Waals surface area contributed by atoms with Gasteiger partial charge in [0.15, 0.2) is 11.6 Å². The van der Waals surface area contributed by atoms with Gasteiger partial charge < -0.3 is 0 Å². The Morgan fingerprint density at radius 1 is 0.259 bits per heavy atom. The molecule has 0 N–H and O–H groups in total. The first-order valence-electron chi connectivity index (χ1n) is 17.6. The molecule has 6 aromatic rings. The molecule has 0 unspecified atom stereocenters. The Hall–Kier alpha value is -6.58. The molecule has 0 atom stereocenters. The van der Waals surface area contributed by atoms with E-state index in [2.05, 4.69) is 71.9 Å². The first-order valence-corrected chi connectivity index (χ1v) is 17.6. The maximum Gasteiger partial charge on any atom is 0.239 e. The Morgan fingerprint density at radius 3 is 0.593 bits per heavy atom. The van der Waals surface area contributed by atoms with Crippen LogP contribution in [0, 0.1) is 83.1 Å². The van der Waals surface area contributed by atoms with E-state index in [1.54, 1.807) is 0 Å². The van der Waals surface area contributed by atoms with Crippen molar-refractivity contribution in [1.29, 1.82) is 0 Å². The van der Waals surface area contributed by atoms with Gasteiger partial charge in [0.25, 0.3) is 0 Å². The van der Waals surface area contributed by atoms with Crippen molar-refractivity contribution in [2.45, 2.75) is 83.1 Å². The fourth-order valence-corrected chi connectivity index (χ4v) is 6.95. The summed E-state index contributed by atoms with van der Waals surface area (Å²) < 4.78 is 0. The second-order valence-corrected chi connectivity index (χ2v) is 13.8. The molecule has 2 aliphatic heterocycles. The van der Waals surface area contributed by atoms with Crippen LogP contribution in [0.3, 0.4) is 0 Å². The van der Waals surface area contributed by atoms with Gasteiger partial charge >= 0.3 is 0 Å². The van der Waals surface area contributed by atoms with Crippen LogP contribution in [0.4, 0.5) is 46.5 Å². The van der Waals surface area contributed by atoms with Crippen LogP contribution in [0.2, 0.25) is 0 Å². The van der Waals surface area contributed by atoms with Crippen molar-refractivity contribution in [1.82, 2.24) is 59.8 Å². The summed E-state index contributed by atoms with van der Waals surface area (Å²) in [6, 6.07) is 8.56. The first kappa shape index (κ1) is 34.5. The SMILES string of the molecule is Cc1nc(C)nc(N2C(=C3N(c4nc(C)nc(C)n4)c4cc(C)c(C)cc4N3c3nc(C)nc(C)n3)N(c3nc(C)nc(C)n3)c3cc(C)c(C)cc32)n1. The third-order valence-electron chi connectivity index (χ3n) is 9.38. The Morgan fingerprint density at radius 2 is 0.426 bits per heavy atom. The maximum absolute atomic E-state index is 4.95. The summed E-state index contributed by atoms with van der Waals surface area (Å²) in [5.41, 5.74) is 7.59. The minimum Gasteiger partial charge on any atom is -0.259 e. The summed E-state index contributed by atoms with van der Waals surface area (Å²) in [5, 5.41) is 0. The van der Waals surface area contributed by atoms with E-state index in [0.29, 0.717) is 82.0 Å². The summed E-state index contributed by atoms with van der Waals surface area (Å²) in [6.07, 6.45) is 0. The summed E-state index contributed by atoms with van der Waals surface area (Å²) in [6.45, 7) is 23.3. The minimum atomic E-state index is 0.409. The standard InChI is InChI=1S/C38H40N16/c1-17-13-29-30(14-18(17)2)52(36-45-23(7)40-24(8)46-36)33(51(29)35-43-21(5)39-22(6)44-35)34-53(37-47-25(9)41-26(10)48-37)31-15-19(3)20(4)16-32(31)54(34)38-49-27(11)42-28(12)50-38/h13-16H,1-12H3. The average Bonchev–Trinajstić information content (AvgIpc) is 3.55. The molecule has 0 spiro atoms. The van der Waals surface area contributed by atoms with E-state index in [1.165, 1.54) is 0 Å². The van der Waals surface area contributed by atoms with Crippen molar-refractivity contribution >= 4 is 46.5 Å². The number of hydrogen-bond acceptors (Lipinski definition) is 16. The second kappa shape index (κ2) is 12.5. The third-order valence-corrected chi connectivity index (χ3v) is 9.38. The number of benzene rings is 2. The molecule has 0 amide bonds. The Kier molecular flexibility index (Phi) is 8.01. The van der Waals surface area contributed by atoms with Crippen LogP contribution < -0.4 is 19.6 Å². The fourth-order valence-electron chi connectivity index (χ4n) is 6.95. The fraction of sp³-hybridized carbons (Fsp3) is 0.316. The topological polar surface area (TPSA) is 168 Å². The van der Waals surface area contributed by atoms with Crippen LogP contribution >= 0.6 is 0 Å². The monoisotopic (exact) mass is 720 g/mol. The molecule has 54 heavy (non-hydrogen) atoms. The zero-order valence-electron chi connectivity index (χ0n) is 32.5. The van der Waals surface area contributed by atoms with Gasteiger partial charge in [-0.3, -0.25) is 19.6 Å². The summed E-state index contributed by atoms with van der Waals surface area (Å²) in [5.74, 6) is 7.36. The predicted octanol–water partition coefficient (Wildman–Crippen LogP) is 6.53. The van der Waals surface area contributed by atoms with Crippen molar-refractivity contribution in [3.8, 4) is 0 Å². The predicted molar refractivity (Wildman–Crippen MR) is 205 cm³/mol. The van der Waals surface area contributed by atoms with Crippen molar-refractivity contribution in [2.24, 2.45) is 0 Å².